The molecule has 0 bridgehead atoms. The van der Waals surface area contributed by atoms with Gasteiger partial charge in [-0.25, -0.2) is 4.39 Å². The zero-order valence-electron chi connectivity index (χ0n) is 11.9. The van der Waals surface area contributed by atoms with E-state index in [9.17, 15) is 9.18 Å². The number of methoxy groups -OCH3 is 1. The van der Waals surface area contributed by atoms with Gasteiger partial charge < -0.3 is 9.64 Å². The maximum absolute atomic E-state index is 13.7. The Kier molecular flexibility index (Phi) is 4.77. The molecular weight excluding hydrogens is 257 g/mol. The molecule has 1 aromatic carbocycles. The van der Waals surface area contributed by atoms with E-state index in [1.807, 2.05) is 6.08 Å². The Morgan fingerprint density at radius 1 is 1.50 bits per heavy atom. The lowest BCUT2D eigenvalue weighted by molar-refractivity contribution is 0.0743. The number of benzene rings is 1. The van der Waals surface area contributed by atoms with Crippen LogP contribution in [0.1, 0.15) is 36.5 Å². The van der Waals surface area contributed by atoms with Crippen LogP contribution in [0.3, 0.4) is 0 Å². The van der Waals surface area contributed by atoms with E-state index in [0.717, 1.165) is 19.3 Å². The fourth-order valence-corrected chi connectivity index (χ4v) is 2.43. The lowest BCUT2D eigenvalue weighted by Crippen LogP contribution is -2.36. The number of hydrogen-bond donors (Lipinski definition) is 0. The summed E-state index contributed by atoms with van der Waals surface area (Å²) in [5.74, 6) is -0.475. The number of hydrogen-bond acceptors (Lipinski definition) is 2. The summed E-state index contributed by atoms with van der Waals surface area (Å²) in [5, 5.41) is 0. The number of carbonyl (C=O) groups excluding carboxylic acids is 1. The van der Waals surface area contributed by atoms with Gasteiger partial charge in [0, 0.05) is 12.1 Å². The predicted molar refractivity (Wildman–Crippen MR) is 76.4 cm³/mol. The average Bonchev–Trinajstić information content (AvgIpc) is 2.92. The molecule has 0 fully saturated rings. The number of carbonyl (C=O) groups is 1. The van der Waals surface area contributed by atoms with Crippen molar-refractivity contribution in [2.45, 2.75) is 32.2 Å². The fraction of sp³-hybridized carbons (Fsp3) is 0.438. The number of rotatable bonds is 5. The summed E-state index contributed by atoms with van der Waals surface area (Å²) in [6, 6.07) is 4.48. The molecule has 0 saturated heterocycles. The Bertz CT molecular complexity index is 513. The second-order valence-electron chi connectivity index (χ2n) is 4.94. The first-order valence-electron chi connectivity index (χ1n) is 6.98. The van der Waals surface area contributed by atoms with Gasteiger partial charge in [0.2, 0.25) is 0 Å². The molecule has 1 aliphatic rings. The molecule has 0 radical (unpaired) electrons. The Morgan fingerprint density at radius 3 is 2.95 bits per heavy atom. The standard InChI is InChI=1S/C16H20FNO2/c1-3-4-6-13-7-5-10-18(13)16(19)12-8-9-15(20-2)14(17)11-12/h5,7-9,11,13H,3-4,6,10H2,1-2H3. The summed E-state index contributed by atoms with van der Waals surface area (Å²) in [6.45, 7) is 2.73. The van der Waals surface area contributed by atoms with Crippen molar-refractivity contribution in [2.24, 2.45) is 0 Å². The van der Waals surface area contributed by atoms with Crippen molar-refractivity contribution in [3.63, 3.8) is 0 Å². The molecule has 0 saturated carbocycles. The van der Waals surface area contributed by atoms with Crippen LogP contribution in [0, 0.1) is 5.82 Å². The van der Waals surface area contributed by atoms with Crippen LogP contribution in [0.2, 0.25) is 0 Å². The van der Waals surface area contributed by atoms with Crippen LogP contribution in [-0.4, -0.2) is 30.5 Å². The summed E-state index contributed by atoms with van der Waals surface area (Å²) in [6.07, 6.45) is 7.20. The summed E-state index contributed by atoms with van der Waals surface area (Å²) >= 11 is 0. The Labute approximate surface area is 119 Å². The van der Waals surface area contributed by atoms with Crippen LogP contribution in [0.25, 0.3) is 0 Å². The average molecular weight is 277 g/mol. The molecule has 20 heavy (non-hydrogen) atoms. The van der Waals surface area contributed by atoms with E-state index < -0.39 is 5.82 Å². The summed E-state index contributed by atoms with van der Waals surface area (Å²) in [4.78, 5) is 14.2. The van der Waals surface area contributed by atoms with Crippen molar-refractivity contribution in [2.75, 3.05) is 13.7 Å². The minimum absolute atomic E-state index is 0.127. The van der Waals surface area contributed by atoms with Crippen molar-refractivity contribution in [1.82, 2.24) is 4.90 Å². The van der Waals surface area contributed by atoms with Gasteiger partial charge in [-0.2, -0.15) is 0 Å². The van der Waals surface area contributed by atoms with Gasteiger partial charge in [0.1, 0.15) is 0 Å². The maximum Gasteiger partial charge on any atom is 0.254 e. The number of unbranched alkanes of at least 4 members (excludes halogenated alkanes) is 1. The molecule has 0 aliphatic carbocycles. The van der Waals surface area contributed by atoms with Crippen LogP contribution in [0.4, 0.5) is 4.39 Å². The molecule has 1 atom stereocenters. The van der Waals surface area contributed by atoms with E-state index in [4.69, 9.17) is 4.74 Å². The Hall–Kier alpha value is -1.84. The van der Waals surface area contributed by atoms with Gasteiger partial charge in [0.15, 0.2) is 11.6 Å². The third kappa shape index (κ3) is 3.00. The number of ether oxygens (including phenoxy) is 1. The highest BCUT2D eigenvalue weighted by Crippen LogP contribution is 2.22. The second kappa shape index (κ2) is 6.55. The number of halogens is 1. The third-order valence-corrected chi connectivity index (χ3v) is 3.57. The van der Waals surface area contributed by atoms with Gasteiger partial charge in [0.05, 0.1) is 13.2 Å². The normalized spacial score (nSPS) is 17.6. The smallest absolute Gasteiger partial charge is 0.254 e. The molecule has 1 aliphatic heterocycles. The van der Waals surface area contributed by atoms with Gasteiger partial charge >= 0.3 is 0 Å². The molecule has 3 nitrogen and oxygen atoms in total. The van der Waals surface area contributed by atoms with Crippen LogP contribution in [0.15, 0.2) is 30.4 Å². The molecular formula is C16H20FNO2. The van der Waals surface area contributed by atoms with E-state index in [2.05, 4.69) is 13.0 Å². The largest absolute Gasteiger partial charge is 0.494 e. The van der Waals surface area contributed by atoms with Crippen LogP contribution < -0.4 is 4.74 Å². The molecule has 1 amide bonds. The maximum atomic E-state index is 13.7. The highest BCUT2D eigenvalue weighted by Gasteiger charge is 2.25. The molecule has 1 unspecified atom stereocenters. The van der Waals surface area contributed by atoms with Gasteiger partial charge in [-0.1, -0.05) is 31.9 Å². The van der Waals surface area contributed by atoms with E-state index in [1.54, 1.807) is 11.0 Å². The fourth-order valence-electron chi connectivity index (χ4n) is 2.43. The Balaban J connectivity index is 2.12. The van der Waals surface area contributed by atoms with Gasteiger partial charge in [0.25, 0.3) is 5.91 Å². The van der Waals surface area contributed by atoms with Gasteiger partial charge in [-0.05, 0) is 24.6 Å². The zero-order chi connectivity index (χ0) is 14.5. The Morgan fingerprint density at radius 2 is 2.30 bits per heavy atom. The molecule has 1 heterocycles. The van der Waals surface area contributed by atoms with E-state index in [0.29, 0.717) is 12.1 Å². The monoisotopic (exact) mass is 277 g/mol. The van der Waals surface area contributed by atoms with Crippen molar-refractivity contribution in [3.8, 4) is 5.75 Å². The molecule has 1 aromatic rings. The van der Waals surface area contributed by atoms with Crippen LogP contribution in [-0.2, 0) is 0 Å². The lowest BCUT2D eigenvalue weighted by Gasteiger charge is -2.24. The molecule has 4 heteroatoms. The minimum atomic E-state index is -0.504. The molecule has 0 N–H and O–H groups in total. The first-order chi connectivity index (χ1) is 9.67. The van der Waals surface area contributed by atoms with Crippen LogP contribution in [0.5, 0.6) is 5.75 Å². The predicted octanol–water partition coefficient (Wildman–Crippen LogP) is 3.41. The van der Waals surface area contributed by atoms with E-state index in [1.165, 1.54) is 19.2 Å². The minimum Gasteiger partial charge on any atom is -0.494 e. The lowest BCUT2D eigenvalue weighted by atomic mass is 10.1. The summed E-state index contributed by atoms with van der Waals surface area (Å²) in [7, 11) is 1.41. The summed E-state index contributed by atoms with van der Waals surface area (Å²) in [5.41, 5.74) is 0.369. The molecule has 108 valence electrons. The molecule has 0 spiro atoms. The third-order valence-electron chi connectivity index (χ3n) is 3.57. The quantitative estimate of drug-likeness (QED) is 0.772. The molecule has 2 rings (SSSR count). The van der Waals surface area contributed by atoms with E-state index in [-0.39, 0.29) is 17.7 Å². The highest BCUT2D eigenvalue weighted by atomic mass is 19.1. The molecule has 0 aromatic heterocycles. The number of nitrogens with zero attached hydrogens (tertiary/aromatic N) is 1. The van der Waals surface area contributed by atoms with Crippen molar-refractivity contribution >= 4 is 5.91 Å². The second-order valence-corrected chi connectivity index (χ2v) is 4.94. The SMILES string of the molecule is CCCCC1C=CCN1C(=O)c1ccc(OC)c(F)c1. The zero-order valence-corrected chi connectivity index (χ0v) is 11.9. The first-order valence-corrected chi connectivity index (χ1v) is 6.98. The van der Waals surface area contributed by atoms with Crippen LogP contribution >= 0.6 is 0 Å². The van der Waals surface area contributed by atoms with E-state index >= 15 is 0 Å². The van der Waals surface area contributed by atoms with Gasteiger partial charge in [-0.15, -0.1) is 0 Å². The number of amides is 1. The summed E-state index contributed by atoms with van der Waals surface area (Å²) < 4.78 is 18.6. The van der Waals surface area contributed by atoms with Crippen molar-refractivity contribution in [1.29, 1.82) is 0 Å². The highest BCUT2D eigenvalue weighted by molar-refractivity contribution is 5.95. The first kappa shape index (κ1) is 14.6. The topological polar surface area (TPSA) is 29.5 Å². The van der Waals surface area contributed by atoms with Crippen molar-refractivity contribution in [3.05, 3.63) is 41.7 Å². The van der Waals surface area contributed by atoms with Gasteiger partial charge in [-0.3, -0.25) is 4.79 Å². The van der Waals surface area contributed by atoms with Crippen molar-refractivity contribution < 1.29 is 13.9 Å².